The molecule has 2 saturated heterocycles. The molecule has 0 aromatic carbocycles. The molecular formula is C10H17BrO3. The van der Waals surface area contributed by atoms with Gasteiger partial charge >= 0.3 is 0 Å². The zero-order chi connectivity index (χ0) is 9.80. The van der Waals surface area contributed by atoms with Gasteiger partial charge in [-0.25, -0.2) is 0 Å². The molecule has 0 saturated carbocycles. The smallest absolute Gasteiger partial charge is 0.157 e. The normalized spacial score (nSPS) is 38.8. The van der Waals surface area contributed by atoms with Gasteiger partial charge in [-0.05, 0) is 32.1 Å². The second kappa shape index (κ2) is 5.45. The number of halogens is 1. The van der Waals surface area contributed by atoms with Crippen LogP contribution in [0.1, 0.15) is 32.1 Å². The lowest BCUT2D eigenvalue weighted by Gasteiger charge is -2.24. The molecule has 0 aromatic rings. The summed E-state index contributed by atoms with van der Waals surface area (Å²) in [5.74, 6) is 0. The topological polar surface area (TPSA) is 27.7 Å². The van der Waals surface area contributed by atoms with Crippen LogP contribution in [-0.2, 0) is 14.2 Å². The minimum Gasteiger partial charge on any atom is -0.361 e. The van der Waals surface area contributed by atoms with E-state index in [2.05, 4.69) is 15.9 Å². The Labute approximate surface area is 93.2 Å². The number of hydrogen-bond donors (Lipinski definition) is 0. The van der Waals surface area contributed by atoms with Crippen molar-refractivity contribution in [1.82, 2.24) is 0 Å². The van der Waals surface area contributed by atoms with Gasteiger partial charge in [0, 0.05) is 6.61 Å². The van der Waals surface area contributed by atoms with Crippen LogP contribution in [0.15, 0.2) is 0 Å². The maximum atomic E-state index is 5.65. The van der Waals surface area contributed by atoms with Gasteiger partial charge in [-0.3, -0.25) is 0 Å². The van der Waals surface area contributed by atoms with Gasteiger partial charge in [-0.2, -0.15) is 0 Å². The van der Waals surface area contributed by atoms with E-state index in [0.29, 0.717) is 6.61 Å². The van der Waals surface area contributed by atoms with E-state index in [1.54, 1.807) is 0 Å². The van der Waals surface area contributed by atoms with E-state index in [9.17, 15) is 0 Å². The van der Waals surface area contributed by atoms with Gasteiger partial charge in [0.2, 0.25) is 0 Å². The zero-order valence-electron chi connectivity index (χ0n) is 8.28. The molecule has 3 atom stereocenters. The number of ether oxygens (including phenoxy) is 3. The first kappa shape index (κ1) is 10.9. The molecule has 0 N–H and O–H groups in total. The van der Waals surface area contributed by atoms with E-state index in [4.69, 9.17) is 14.2 Å². The van der Waals surface area contributed by atoms with E-state index < -0.39 is 0 Å². The molecular weight excluding hydrogens is 248 g/mol. The van der Waals surface area contributed by atoms with Gasteiger partial charge in [0.1, 0.15) is 5.01 Å². The predicted molar refractivity (Wildman–Crippen MR) is 56.4 cm³/mol. The van der Waals surface area contributed by atoms with Gasteiger partial charge < -0.3 is 14.2 Å². The Morgan fingerprint density at radius 2 is 2.14 bits per heavy atom. The van der Waals surface area contributed by atoms with Crippen LogP contribution in [0.5, 0.6) is 0 Å². The van der Waals surface area contributed by atoms with E-state index >= 15 is 0 Å². The highest BCUT2D eigenvalue weighted by molar-refractivity contribution is 9.09. The fourth-order valence-corrected chi connectivity index (χ4v) is 2.41. The van der Waals surface area contributed by atoms with Gasteiger partial charge in [-0.15, -0.1) is 0 Å². The van der Waals surface area contributed by atoms with Crippen molar-refractivity contribution in [3.8, 4) is 0 Å². The van der Waals surface area contributed by atoms with Gasteiger partial charge in [0.05, 0.1) is 12.7 Å². The molecule has 14 heavy (non-hydrogen) atoms. The highest BCUT2D eigenvalue weighted by atomic mass is 79.9. The van der Waals surface area contributed by atoms with E-state index in [-0.39, 0.29) is 17.4 Å². The van der Waals surface area contributed by atoms with Crippen LogP contribution in [0, 0.1) is 0 Å². The highest BCUT2D eigenvalue weighted by Gasteiger charge is 2.24. The van der Waals surface area contributed by atoms with Crippen LogP contribution in [0.2, 0.25) is 0 Å². The molecule has 2 aliphatic heterocycles. The molecule has 0 amide bonds. The lowest BCUT2D eigenvalue weighted by atomic mass is 10.2. The standard InChI is InChI=1S/C10H17BrO3/c11-9-5-4-8(14-9)7-13-10-3-1-2-6-12-10/h8-10H,1-7H2. The summed E-state index contributed by atoms with van der Waals surface area (Å²) < 4.78 is 16.7. The Bertz CT molecular complexity index is 166. The van der Waals surface area contributed by atoms with Crippen molar-refractivity contribution in [2.24, 2.45) is 0 Å². The summed E-state index contributed by atoms with van der Waals surface area (Å²) in [5.41, 5.74) is 0. The average Bonchev–Trinajstić information content (AvgIpc) is 2.63. The maximum Gasteiger partial charge on any atom is 0.157 e. The molecule has 4 heteroatoms. The molecule has 82 valence electrons. The van der Waals surface area contributed by atoms with Crippen LogP contribution in [-0.4, -0.2) is 30.6 Å². The molecule has 0 radical (unpaired) electrons. The van der Waals surface area contributed by atoms with Crippen molar-refractivity contribution in [2.75, 3.05) is 13.2 Å². The van der Waals surface area contributed by atoms with Crippen molar-refractivity contribution < 1.29 is 14.2 Å². The van der Waals surface area contributed by atoms with Crippen molar-refractivity contribution >= 4 is 15.9 Å². The molecule has 0 spiro atoms. The van der Waals surface area contributed by atoms with Crippen molar-refractivity contribution in [2.45, 2.75) is 49.5 Å². The van der Waals surface area contributed by atoms with Crippen molar-refractivity contribution in [3.05, 3.63) is 0 Å². The Morgan fingerprint density at radius 3 is 2.79 bits per heavy atom. The van der Waals surface area contributed by atoms with Gasteiger partial charge in [0.15, 0.2) is 6.29 Å². The zero-order valence-corrected chi connectivity index (χ0v) is 9.87. The monoisotopic (exact) mass is 264 g/mol. The second-order valence-corrected chi connectivity index (χ2v) is 4.90. The Kier molecular flexibility index (Phi) is 4.23. The first-order valence-corrected chi connectivity index (χ1v) is 6.29. The molecule has 2 aliphatic rings. The second-order valence-electron chi connectivity index (χ2n) is 3.87. The minimum absolute atomic E-state index is 0.0155. The van der Waals surface area contributed by atoms with Gasteiger partial charge in [-0.1, -0.05) is 15.9 Å². The third-order valence-electron chi connectivity index (χ3n) is 2.66. The largest absolute Gasteiger partial charge is 0.361 e. The summed E-state index contributed by atoms with van der Waals surface area (Å²) in [7, 11) is 0. The molecule has 2 rings (SSSR count). The molecule has 3 unspecified atom stereocenters. The molecule has 2 heterocycles. The maximum absolute atomic E-state index is 5.65. The lowest BCUT2D eigenvalue weighted by molar-refractivity contribution is -0.176. The quantitative estimate of drug-likeness (QED) is 0.733. The van der Waals surface area contributed by atoms with Crippen molar-refractivity contribution in [1.29, 1.82) is 0 Å². The molecule has 0 aliphatic carbocycles. The molecule has 0 aromatic heterocycles. The summed E-state index contributed by atoms with van der Waals surface area (Å²) in [6.07, 6.45) is 5.86. The highest BCUT2D eigenvalue weighted by Crippen LogP contribution is 2.24. The predicted octanol–water partition coefficient (Wildman–Crippen LogP) is 2.43. The Morgan fingerprint density at radius 1 is 1.21 bits per heavy atom. The fourth-order valence-electron chi connectivity index (χ4n) is 1.84. The summed E-state index contributed by atoms with van der Waals surface area (Å²) in [5, 5.41) is 0.225. The average molecular weight is 265 g/mol. The Balaban J connectivity index is 1.61. The first-order chi connectivity index (χ1) is 6.84. The number of hydrogen-bond acceptors (Lipinski definition) is 3. The molecule has 3 nitrogen and oxygen atoms in total. The SMILES string of the molecule is BrC1CCC(COC2CCCCO2)O1. The first-order valence-electron chi connectivity index (χ1n) is 5.37. The van der Waals surface area contributed by atoms with Crippen molar-refractivity contribution in [3.63, 3.8) is 0 Å². The number of rotatable bonds is 3. The minimum atomic E-state index is 0.0155. The summed E-state index contributed by atoms with van der Waals surface area (Å²) in [6.45, 7) is 1.52. The van der Waals surface area contributed by atoms with E-state index in [0.717, 1.165) is 25.9 Å². The van der Waals surface area contributed by atoms with Crippen LogP contribution in [0.25, 0.3) is 0 Å². The van der Waals surface area contributed by atoms with E-state index in [1.807, 2.05) is 0 Å². The number of alkyl halides is 1. The summed E-state index contributed by atoms with van der Waals surface area (Å²) >= 11 is 3.44. The molecule has 2 fully saturated rings. The van der Waals surface area contributed by atoms with E-state index in [1.165, 1.54) is 12.8 Å². The van der Waals surface area contributed by atoms with Crippen LogP contribution < -0.4 is 0 Å². The van der Waals surface area contributed by atoms with Crippen LogP contribution in [0.4, 0.5) is 0 Å². The third-order valence-corrected chi connectivity index (χ3v) is 3.34. The Hall–Kier alpha value is 0.360. The lowest BCUT2D eigenvalue weighted by Crippen LogP contribution is -2.26. The summed E-state index contributed by atoms with van der Waals surface area (Å²) in [6, 6.07) is 0. The fraction of sp³-hybridized carbons (Fsp3) is 1.00. The molecule has 0 bridgehead atoms. The van der Waals surface area contributed by atoms with Gasteiger partial charge in [0.25, 0.3) is 0 Å². The van der Waals surface area contributed by atoms with Crippen LogP contribution in [0.3, 0.4) is 0 Å². The van der Waals surface area contributed by atoms with Crippen LogP contribution >= 0.6 is 15.9 Å². The summed E-state index contributed by atoms with van der Waals surface area (Å²) in [4.78, 5) is 0. The third kappa shape index (κ3) is 3.19.